The van der Waals surface area contributed by atoms with E-state index in [0.717, 1.165) is 36.7 Å². The van der Waals surface area contributed by atoms with Crippen molar-refractivity contribution in [2.24, 2.45) is 0 Å². The SMILES string of the molecule is CC(C)NC(=O)Cc1cc2cc(OCCCN3CCCCC3=O)ccc2nc1-c1ccc(F)c(Cl)c1. The molecule has 4 rings (SSSR count). The van der Waals surface area contributed by atoms with Crippen LogP contribution in [0.15, 0.2) is 42.5 Å². The van der Waals surface area contributed by atoms with Gasteiger partial charge in [0, 0.05) is 36.5 Å². The van der Waals surface area contributed by atoms with Gasteiger partial charge >= 0.3 is 0 Å². The Morgan fingerprint density at radius 3 is 2.78 bits per heavy atom. The van der Waals surface area contributed by atoms with Gasteiger partial charge in [-0.2, -0.15) is 0 Å². The number of nitrogens with one attached hydrogen (secondary N) is 1. The number of pyridine rings is 1. The van der Waals surface area contributed by atoms with Gasteiger partial charge in [-0.1, -0.05) is 11.6 Å². The number of piperidine rings is 1. The minimum absolute atomic E-state index is 0.00183. The maximum atomic E-state index is 13.8. The van der Waals surface area contributed by atoms with Crippen LogP contribution in [0.2, 0.25) is 5.02 Å². The number of fused-ring (bicyclic) bond motifs is 1. The molecule has 1 aromatic heterocycles. The van der Waals surface area contributed by atoms with Gasteiger partial charge in [-0.25, -0.2) is 9.37 Å². The van der Waals surface area contributed by atoms with E-state index in [1.165, 1.54) is 12.1 Å². The number of rotatable bonds is 9. The van der Waals surface area contributed by atoms with Crippen LogP contribution in [0.4, 0.5) is 4.39 Å². The van der Waals surface area contributed by atoms with Gasteiger partial charge in [0.15, 0.2) is 0 Å². The first-order chi connectivity index (χ1) is 17.3. The van der Waals surface area contributed by atoms with Gasteiger partial charge in [-0.15, -0.1) is 0 Å². The van der Waals surface area contributed by atoms with Gasteiger partial charge < -0.3 is 15.0 Å². The molecule has 0 spiro atoms. The second kappa shape index (κ2) is 11.7. The van der Waals surface area contributed by atoms with Crippen molar-refractivity contribution in [3.63, 3.8) is 0 Å². The minimum atomic E-state index is -0.508. The number of ether oxygens (including phenoxy) is 1. The van der Waals surface area contributed by atoms with E-state index in [2.05, 4.69) is 5.32 Å². The molecule has 0 saturated carbocycles. The Balaban J connectivity index is 1.55. The second-order valence-corrected chi connectivity index (χ2v) is 9.83. The fourth-order valence-electron chi connectivity index (χ4n) is 4.41. The molecule has 0 unspecified atom stereocenters. The number of nitrogens with zero attached hydrogens (tertiary/aromatic N) is 2. The monoisotopic (exact) mass is 511 g/mol. The van der Waals surface area contributed by atoms with E-state index in [1.807, 2.05) is 43.0 Å². The molecule has 3 aromatic rings. The van der Waals surface area contributed by atoms with E-state index in [-0.39, 0.29) is 29.3 Å². The van der Waals surface area contributed by atoms with Crippen molar-refractivity contribution in [2.75, 3.05) is 19.7 Å². The molecule has 6 nitrogen and oxygen atoms in total. The molecule has 1 saturated heterocycles. The molecule has 0 atom stereocenters. The van der Waals surface area contributed by atoms with Crippen LogP contribution in [0.3, 0.4) is 0 Å². The van der Waals surface area contributed by atoms with Gasteiger partial charge in [-0.05, 0) is 81.1 Å². The Morgan fingerprint density at radius 1 is 1.19 bits per heavy atom. The van der Waals surface area contributed by atoms with E-state index in [4.69, 9.17) is 21.3 Å². The van der Waals surface area contributed by atoms with Gasteiger partial charge in [0.25, 0.3) is 0 Å². The Hall–Kier alpha value is -3.19. The highest BCUT2D eigenvalue weighted by Gasteiger charge is 2.18. The molecule has 2 aromatic carbocycles. The molecule has 1 aliphatic heterocycles. The maximum Gasteiger partial charge on any atom is 0.224 e. The Morgan fingerprint density at radius 2 is 2.03 bits per heavy atom. The lowest BCUT2D eigenvalue weighted by Crippen LogP contribution is -2.36. The number of hydrogen-bond donors (Lipinski definition) is 1. The van der Waals surface area contributed by atoms with Crippen LogP contribution < -0.4 is 10.1 Å². The number of benzene rings is 2. The molecule has 190 valence electrons. The maximum absolute atomic E-state index is 13.8. The quantitative estimate of drug-likeness (QED) is 0.383. The first kappa shape index (κ1) is 25.9. The van der Waals surface area contributed by atoms with Crippen molar-refractivity contribution in [2.45, 2.75) is 52.0 Å². The van der Waals surface area contributed by atoms with E-state index >= 15 is 0 Å². The summed E-state index contributed by atoms with van der Waals surface area (Å²) in [5.74, 6) is 0.293. The molecule has 0 radical (unpaired) electrons. The van der Waals surface area contributed by atoms with E-state index < -0.39 is 5.82 Å². The van der Waals surface area contributed by atoms with Crippen molar-refractivity contribution in [1.82, 2.24) is 15.2 Å². The molecule has 1 aliphatic rings. The number of likely N-dealkylation sites (tertiary alicyclic amines) is 1. The molecular formula is C28H31ClFN3O3. The fraction of sp³-hybridized carbons (Fsp3) is 0.393. The topological polar surface area (TPSA) is 71.5 Å². The average molecular weight is 512 g/mol. The number of carbonyl (C=O) groups is 2. The Kier molecular flexibility index (Phi) is 8.41. The molecule has 0 bridgehead atoms. The summed E-state index contributed by atoms with van der Waals surface area (Å²) in [7, 11) is 0. The average Bonchev–Trinajstić information content (AvgIpc) is 2.83. The lowest BCUT2D eigenvalue weighted by molar-refractivity contribution is -0.133. The van der Waals surface area contributed by atoms with Crippen LogP contribution in [0.1, 0.15) is 45.1 Å². The predicted octanol–water partition coefficient (Wildman–Crippen LogP) is 5.54. The smallest absolute Gasteiger partial charge is 0.224 e. The van der Waals surface area contributed by atoms with Gasteiger partial charge in [0.05, 0.1) is 29.3 Å². The van der Waals surface area contributed by atoms with Gasteiger partial charge in [0.2, 0.25) is 11.8 Å². The minimum Gasteiger partial charge on any atom is -0.494 e. The number of aromatic nitrogens is 1. The molecule has 36 heavy (non-hydrogen) atoms. The molecule has 1 N–H and O–H groups in total. The summed E-state index contributed by atoms with van der Waals surface area (Å²) in [4.78, 5) is 31.2. The first-order valence-corrected chi connectivity index (χ1v) is 12.8. The number of hydrogen-bond acceptors (Lipinski definition) is 4. The summed E-state index contributed by atoms with van der Waals surface area (Å²) in [6.07, 6.45) is 3.57. The number of carbonyl (C=O) groups excluding carboxylic acids is 2. The zero-order chi connectivity index (χ0) is 25.7. The summed E-state index contributed by atoms with van der Waals surface area (Å²) in [6, 6.07) is 12.0. The summed E-state index contributed by atoms with van der Waals surface area (Å²) in [5, 5.41) is 3.75. The normalized spacial score (nSPS) is 13.9. The summed E-state index contributed by atoms with van der Waals surface area (Å²) in [5.41, 5.74) is 2.67. The third-order valence-electron chi connectivity index (χ3n) is 6.12. The van der Waals surface area contributed by atoms with E-state index in [1.54, 1.807) is 6.07 Å². The first-order valence-electron chi connectivity index (χ1n) is 12.4. The van der Waals surface area contributed by atoms with Crippen LogP contribution in [0.5, 0.6) is 5.75 Å². The molecule has 0 aliphatic carbocycles. The Bertz CT molecular complexity index is 1260. The van der Waals surface area contributed by atoms with Crippen LogP contribution in [0.25, 0.3) is 22.2 Å². The highest BCUT2D eigenvalue weighted by atomic mass is 35.5. The van der Waals surface area contributed by atoms with Gasteiger partial charge in [-0.3, -0.25) is 9.59 Å². The van der Waals surface area contributed by atoms with Gasteiger partial charge in [0.1, 0.15) is 11.6 Å². The third-order valence-corrected chi connectivity index (χ3v) is 6.41. The van der Waals surface area contributed by atoms with Crippen molar-refractivity contribution in [3.8, 4) is 17.0 Å². The summed E-state index contributed by atoms with van der Waals surface area (Å²) >= 11 is 6.03. The highest BCUT2D eigenvalue weighted by molar-refractivity contribution is 6.31. The standard InChI is InChI=1S/C28H31ClFN3O3/c1-18(2)31-26(34)17-21-14-20-15-22(36-13-5-12-33-11-4-3-6-27(33)35)8-10-25(20)32-28(21)19-7-9-24(30)23(29)16-19/h7-10,14-16,18H,3-6,11-13,17H2,1-2H3,(H,31,34). The number of amides is 2. The van der Waals surface area contributed by atoms with E-state index in [9.17, 15) is 14.0 Å². The van der Waals surface area contributed by atoms with E-state index in [0.29, 0.717) is 42.1 Å². The van der Waals surface area contributed by atoms with Crippen LogP contribution in [0, 0.1) is 5.82 Å². The summed E-state index contributed by atoms with van der Waals surface area (Å²) < 4.78 is 19.7. The summed E-state index contributed by atoms with van der Waals surface area (Å²) in [6.45, 7) is 5.84. The molecule has 8 heteroatoms. The van der Waals surface area contributed by atoms with Crippen molar-refractivity contribution in [1.29, 1.82) is 0 Å². The lowest BCUT2D eigenvalue weighted by Gasteiger charge is -2.26. The molecular weight excluding hydrogens is 481 g/mol. The predicted molar refractivity (Wildman–Crippen MR) is 140 cm³/mol. The fourth-order valence-corrected chi connectivity index (χ4v) is 4.59. The lowest BCUT2D eigenvalue weighted by atomic mass is 10.0. The number of halogens is 2. The largest absolute Gasteiger partial charge is 0.494 e. The van der Waals surface area contributed by atoms with Crippen LogP contribution in [-0.4, -0.2) is 47.4 Å². The Labute approximate surface area is 215 Å². The van der Waals surface area contributed by atoms with Crippen molar-refractivity contribution >= 4 is 34.3 Å². The van der Waals surface area contributed by atoms with Crippen molar-refractivity contribution < 1.29 is 18.7 Å². The molecule has 2 amide bonds. The third kappa shape index (κ3) is 6.52. The van der Waals surface area contributed by atoms with Crippen molar-refractivity contribution in [3.05, 3.63) is 58.9 Å². The molecule has 1 fully saturated rings. The van der Waals surface area contributed by atoms with Crippen LogP contribution in [-0.2, 0) is 16.0 Å². The van der Waals surface area contributed by atoms with Crippen LogP contribution >= 0.6 is 11.6 Å². The zero-order valence-corrected chi connectivity index (χ0v) is 21.4. The second-order valence-electron chi connectivity index (χ2n) is 9.42. The zero-order valence-electron chi connectivity index (χ0n) is 20.7. The highest BCUT2D eigenvalue weighted by Crippen LogP contribution is 2.30. The molecule has 2 heterocycles.